The molecule has 6 heteroatoms. The lowest BCUT2D eigenvalue weighted by atomic mass is 10.1. The van der Waals surface area contributed by atoms with E-state index in [2.05, 4.69) is 48.3 Å². The van der Waals surface area contributed by atoms with Crippen LogP contribution in [0.25, 0.3) is 5.31 Å². The molecule has 1 N–H and O–H groups in total. The highest BCUT2D eigenvalue weighted by molar-refractivity contribution is 7.51. The maximum Gasteiger partial charge on any atom is 0.252 e. The van der Waals surface area contributed by atoms with Crippen LogP contribution in [0.5, 0.6) is 5.75 Å². The SMILES string of the molecule is CCc1cc(C2=CC(=O)N3C=C(N4CCN[C@@H](C)C4)C=CC3P2)ccc1OC. The van der Waals surface area contributed by atoms with Gasteiger partial charge in [0.2, 0.25) is 0 Å². The molecule has 1 fully saturated rings. The number of aryl methyl sites for hydroxylation is 1. The Morgan fingerprint density at radius 3 is 2.96 bits per heavy atom. The van der Waals surface area contributed by atoms with E-state index in [0.717, 1.165) is 48.4 Å². The molecule has 1 amide bonds. The molecule has 0 bridgehead atoms. The number of benzene rings is 1. The third-order valence-corrected chi connectivity index (χ3v) is 7.06. The lowest BCUT2D eigenvalue weighted by Gasteiger charge is -2.39. The largest absolute Gasteiger partial charge is 0.496 e. The first-order chi connectivity index (χ1) is 13.6. The van der Waals surface area contributed by atoms with Crippen LogP contribution in [-0.4, -0.2) is 54.3 Å². The number of hydrogen-bond acceptors (Lipinski definition) is 4. The minimum absolute atomic E-state index is 0.0673. The molecule has 3 aliphatic rings. The van der Waals surface area contributed by atoms with Crippen LogP contribution in [0.15, 0.2) is 48.3 Å². The van der Waals surface area contributed by atoms with Gasteiger partial charge in [-0.3, -0.25) is 4.79 Å². The number of hydrogen-bond donors (Lipinski definition) is 1. The van der Waals surface area contributed by atoms with Crippen LogP contribution in [0.3, 0.4) is 0 Å². The van der Waals surface area contributed by atoms with Crippen molar-refractivity contribution in [3.8, 4) is 5.75 Å². The van der Waals surface area contributed by atoms with E-state index in [9.17, 15) is 4.79 Å². The predicted octanol–water partition coefficient (Wildman–Crippen LogP) is 3.15. The Labute approximate surface area is 168 Å². The van der Waals surface area contributed by atoms with Gasteiger partial charge >= 0.3 is 0 Å². The number of rotatable bonds is 4. The van der Waals surface area contributed by atoms with Crippen LogP contribution in [0, 0.1) is 0 Å². The number of methoxy groups -OCH3 is 1. The van der Waals surface area contributed by atoms with Crippen molar-refractivity contribution in [2.75, 3.05) is 26.7 Å². The second-order valence-electron chi connectivity index (χ2n) is 7.49. The smallest absolute Gasteiger partial charge is 0.252 e. The van der Waals surface area contributed by atoms with Crippen LogP contribution < -0.4 is 10.1 Å². The van der Waals surface area contributed by atoms with Crippen molar-refractivity contribution in [1.29, 1.82) is 0 Å². The highest BCUT2D eigenvalue weighted by Crippen LogP contribution is 2.45. The van der Waals surface area contributed by atoms with Gasteiger partial charge in [0.05, 0.1) is 18.6 Å². The van der Waals surface area contributed by atoms with Gasteiger partial charge in [0.1, 0.15) is 5.75 Å². The Balaban J connectivity index is 1.57. The van der Waals surface area contributed by atoms with Crippen molar-refractivity contribution in [2.24, 2.45) is 0 Å². The molecule has 28 heavy (non-hydrogen) atoms. The number of allylic oxidation sites excluding steroid dienone is 1. The van der Waals surface area contributed by atoms with E-state index in [4.69, 9.17) is 4.74 Å². The fourth-order valence-electron chi connectivity index (χ4n) is 4.01. The molecule has 4 rings (SSSR count). The van der Waals surface area contributed by atoms with Crippen molar-refractivity contribution in [3.63, 3.8) is 0 Å². The van der Waals surface area contributed by atoms with Gasteiger partial charge in [0, 0.05) is 38.0 Å². The minimum atomic E-state index is 0.0673. The van der Waals surface area contributed by atoms with E-state index < -0.39 is 0 Å². The van der Waals surface area contributed by atoms with Gasteiger partial charge in [-0.25, -0.2) is 0 Å². The number of ether oxygens (including phenoxy) is 1. The van der Waals surface area contributed by atoms with Gasteiger partial charge in [-0.05, 0) is 48.0 Å². The summed E-state index contributed by atoms with van der Waals surface area (Å²) in [7, 11) is 2.24. The van der Waals surface area contributed by atoms with Crippen molar-refractivity contribution in [2.45, 2.75) is 32.1 Å². The summed E-state index contributed by atoms with van der Waals surface area (Å²) >= 11 is 0. The quantitative estimate of drug-likeness (QED) is 0.793. The second-order valence-corrected chi connectivity index (χ2v) is 8.91. The number of amides is 1. The van der Waals surface area contributed by atoms with Crippen LogP contribution in [0.4, 0.5) is 0 Å². The molecule has 0 saturated carbocycles. The average Bonchev–Trinajstić information content (AvgIpc) is 2.73. The standard InChI is InChI=1S/C22H28N3O2P/c1-4-16-11-17(5-7-19(16)27-3)20-12-21(26)25-14-18(6-8-22(25)28-20)24-10-9-23-15(2)13-24/h5-8,11-12,14-15,22-23,28H,4,9-10,13H2,1-3H3/t15-,22?/m0/s1. The van der Waals surface area contributed by atoms with Crippen molar-refractivity contribution in [1.82, 2.24) is 15.1 Å². The molecule has 1 aromatic rings. The summed E-state index contributed by atoms with van der Waals surface area (Å²) in [6.07, 6.45) is 9.14. The zero-order valence-electron chi connectivity index (χ0n) is 16.7. The molecule has 3 heterocycles. The summed E-state index contributed by atoms with van der Waals surface area (Å²) < 4.78 is 5.44. The van der Waals surface area contributed by atoms with E-state index in [-0.39, 0.29) is 11.7 Å². The molecule has 148 valence electrons. The number of piperazine rings is 1. The number of nitrogens with zero attached hydrogens (tertiary/aromatic N) is 2. The summed E-state index contributed by atoms with van der Waals surface area (Å²) in [6, 6.07) is 6.71. The monoisotopic (exact) mass is 397 g/mol. The number of carbonyl (C=O) groups excluding carboxylic acids is 1. The number of nitrogens with one attached hydrogen (secondary N) is 1. The number of carbonyl (C=O) groups is 1. The third-order valence-electron chi connectivity index (χ3n) is 5.55. The van der Waals surface area contributed by atoms with Gasteiger partial charge in [-0.15, -0.1) is 0 Å². The van der Waals surface area contributed by atoms with Gasteiger partial charge in [-0.1, -0.05) is 27.6 Å². The molecule has 0 aliphatic carbocycles. The van der Waals surface area contributed by atoms with Gasteiger partial charge in [0.15, 0.2) is 0 Å². The lowest BCUT2D eigenvalue weighted by molar-refractivity contribution is -0.123. The zero-order valence-corrected chi connectivity index (χ0v) is 17.7. The molecule has 3 aliphatic heterocycles. The average molecular weight is 397 g/mol. The van der Waals surface area contributed by atoms with Gasteiger partial charge in [0.25, 0.3) is 5.91 Å². The summed E-state index contributed by atoms with van der Waals surface area (Å²) in [5.41, 5.74) is 3.44. The molecule has 1 saturated heterocycles. The number of fused-ring (bicyclic) bond motifs is 1. The summed E-state index contributed by atoms with van der Waals surface area (Å²) in [6.45, 7) is 7.25. The maximum atomic E-state index is 12.9. The van der Waals surface area contributed by atoms with Crippen LogP contribution in [0.1, 0.15) is 25.0 Å². The Bertz CT molecular complexity index is 861. The lowest BCUT2D eigenvalue weighted by Crippen LogP contribution is -2.49. The normalized spacial score (nSPS) is 25.5. The van der Waals surface area contributed by atoms with E-state index >= 15 is 0 Å². The Morgan fingerprint density at radius 1 is 1.36 bits per heavy atom. The van der Waals surface area contributed by atoms with Gasteiger partial charge in [-0.2, -0.15) is 0 Å². The molecule has 5 nitrogen and oxygen atoms in total. The Hall–Kier alpha value is -2.10. The molecule has 0 radical (unpaired) electrons. The molecular formula is C22H28N3O2P. The van der Waals surface area contributed by atoms with Crippen molar-refractivity contribution in [3.05, 3.63) is 59.5 Å². The molecule has 2 unspecified atom stereocenters. The maximum absolute atomic E-state index is 12.9. The molecule has 0 spiro atoms. The molecular weight excluding hydrogens is 369 g/mol. The first-order valence-electron chi connectivity index (χ1n) is 9.95. The first kappa shape index (κ1) is 19.2. The fraction of sp³-hybridized carbons (Fsp3) is 0.409. The van der Waals surface area contributed by atoms with Crippen LogP contribution >= 0.6 is 8.58 Å². The second kappa shape index (κ2) is 8.10. The summed E-state index contributed by atoms with van der Waals surface area (Å²) in [5, 5.41) is 4.59. The topological polar surface area (TPSA) is 44.8 Å². The highest BCUT2D eigenvalue weighted by Gasteiger charge is 2.30. The van der Waals surface area contributed by atoms with Crippen molar-refractivity contribution >= 4 is 19.8 Å². The van der Waals surface area contributed by atoms with E-state index in [0.29, 0.717) is 14.6 Å². The van der Waals surface area contributed by atoms with E-state index in [1.165, 1.54) is 5.56 Å². The zero-order chi connectivity index (χ0) is 19.7. The van der Waals surface area contributed by atoms with E-state index in [1.54, 1.807) is 7.11 Å². The first-order valence-corrected chi connectivity index (χ1v) is 11.0. The van der Waals surface area contributed by atoms with Crippen molar-refractivity contribution < 1.29 is 9.53 Å². The predicted molar refractivity (Wildman–Crippen MR) is 116 cm³/mol. The minimum Gasteiger partial charge on any atom is -0.496 e. The van der Waals surface area contributed by atoms with Crippen LogP contribution in [0.2, 0.25) is 0 Å². The Kier molecular flexibility index (Phi) is 5.56. The molecule has 3 atom stereocenters. The third kappa shape index (κ3) is 3.74. The highest BCUT2D eigenvalue weighted by atomic mass is 31.1. The Morgan fingerprint density at radius 2 is 2.21 bits per heavy atom. The van der Waals surface area contributed by atoms with Gasteiger partial charge < -0.3 is 19.9 Å². The summed E-state index contributed by atoms with van der Waals surface area (Å²) in [4.78, 5) is 17.2. The summed E-state index contributed by atoms with van der Waals surface area (Å²) in [5.74, 6) is 1.09. The fourth-order valence-corrected chi connectivity index (χ4v) is 5.39. The molecule has 1 aromatic carbocycles. The van der Waals surface area contributed by atoms with E-state index in [1.807, 2.05) is 23.2 Å². The van der Waals surface area contributed by atoms with Crippen LogP contribution in [-0.2, 0) is 11.2 Å². The molecule has 0 aromatic heterocycles.